The Kier molecular flexibility index (Phi) is 5.02. The number of aliphatic hydroxyl groups excluding tert-OH is 1. The molecule has 2 N–H and O–H groups in total. The zero-order chi connectivity index (χ0) is 10.6. The number of halogens is 3. The molecule has 1 aromatic carbocycles. The number of alkyl halides is 1. The van der Waals surface area contributed by atoms with Crippen LogP contribution in [0.3, 0.4) is 0 Å². The van der Waals surface area contributed by atoms with Crippen LogP contribution in [0.4, 0.5) is 5.69 Å². The van der Waals surface area contributed by atoms with Crippen LogP contribution < -0.4 is 5.32 Å². The Morgan fingerprint density at radius 1 is 1.50 bits per heavy atom. The molecule has 2 nitrogen and oxygen atoms in total. The minimum atomic E-state index is -0.553. The summed E-state index contributed by atoms with van der Waals surface area (Å²) in [7, 11) is 0. The predicted octanol–water partition coefficient (Wildman–Crippen LogP) is 3.11. The molecule has 78 valence electrons. The number of aliphatic hydroxyl groups is 1. The number of nitrogens with one attached hydrogen (secondary N) is 1. The summed E-state index contributed by atoms with van der Waals surface area (Å²) >= 11 is 14.6. The van der Waals surface area contributed by atoms with E-state index in [1.54, 1.807) is 12.1 Å². The van der Waals surface area contributed by atoms with Crippen LogP contribution in [0.2, 0.25) is 5.02 Å². The van der Waals surface area contributed by atoms with E-state index in [0.29, 0.717) is 11.6 Å². The molecular weight excluding hydrogens is 289 g/mol. The van der Waals surface area contributed by atoms with E-state index in [4.69, 9.17) is 23.2 Å². The SMILES string of the molecule is OC(CCl)CNc1cc(Cl)ccc1Br. The monoisotopic (exact) mass is 297 g/mol. The van der Waals surface area contributed by atoms with Crippen molar-refractivity contribution in [3.05, 3.63) is 27.7 Å². The minimum Gasteiger partial charge on any atom is -0.390 e. The van der Waals surface area contributed by atoms with Crippen LogP contribution in [0.1, 0.15) is 0 Å². The largest absolute Gasteiger partial charge is 0.390 e. The van der Waals surface area contributed by atoms with Gasteiger partial charge in [0.15, 0.2) is 0 Å². The first-order valence-electron chi connectivity index (χ1n) is 4.06. The number of hydrogen-bond acceptors (Lipinski definition) is 2. The lowest BCUT2D eigenvalue weighted by Gasteiger charge is -2.11. The van der Waals surface area contributed by atoms with Crippen molar-refractivity contribution in [3.63, 3.8) is 0 Å². The average molecular weight is 299 g/mol. The molecule has 0 amide bonds. The molecule has 0 heterocycles. The van der Waals surface area contributed by atoms with E-state index in [9.17, 15) is 5.11 Å². The second-order valence-electron chi connectivity index (χ2n) is 2.81. The van der Waals surface area contributed by atoms with Crippen molar-refractivity contribution in [1.82, 2.24) is 0 Å². The molecule has 0 aromatic heterocycles. The van der Waals surface area contributed by atoms with E-state index in [-0.39, 0.29) is 5.88 Å². The number of anilines is 1. The first-order valence-corrected chi connectivity index (χ1v) is 5.77. The van der Waals surface area contributed by atoms with Gasteiger partial charge < -0.3 is 10.4 Å². The summed E-state index contributed by atoms with van der Waals surface area (Å²) in [5.74, 6) is 0.213. The van der Waals surface area contributed by atoms with Crippen molar-refractivity contribution >= 4 is 44.8 Å². The lowest BCUT2D eigenvalue weighted by Crippen LogP contribution is -2.20. The zero-order valence-electron chi connectivity index (χ0n) is 7.30. The fourth-order valence-corrected chi connectivity index (χ4v) is 1.58. The van der Waals surface area contributed by atoms with Gasteiger partial charge in [-0.15, -0.1) is 11.6 Å². The minimum absolute atomic E-state index is 0.213. The van der Waals surface area contributed by atoms with Gasteiger partial charge in [0, 0.05) is 21.7 Å². The van der Waals surface area contributed by atoms with Crippen LogP contribution in [0.5, 0.6) is 0 Å². The van der Waals surface area contributed by atoms with Crippen LogP contribution in [-0.4, -0.2) is 23.6 Å². The smallest absolute Gasteiger partial charge is 0.0847 e. The molecule has 0 aliphatic rings. The molecule has 1 rings (SSSR count). The third-order valence-corrected chi connectivity index (χ3v) is 2.92. The Morgan fingerprint density at radius 2 is 2.21 bits per heavy atom. The van der Waals surface area contributed by atoms with E-state index < -0.39 is 6.10 Å². The molecule has 0 saturated carbocycles. The highest BCUT2D eigenvalue weighted by atomic mass is 79.9. The van der Waals surface area contributed by atoms with Gasteiger partial charge in [-0.25, -0.2) is 0 Å². The van der Waals surface area contributed by atoms with Crippen molar-refractivity contribution in [2.24, 2.45) is 0 Å². The Labute approximate surface area is 101 Å². The highest BCUT2D eigenvalue weighted by Gasteiger charge is 2.04. The molecule has 14 heavy (non-hydrogen) atoms. The summed E-state index contributed by atoms with van der Waals surface area (Å²) in [6.07, 6.45) is -0.553. The lowest BCUT2D eigenvalue weighted by molar-refractivity contribution is 0.211. The first kappa shape index (κ1) is 12.1. The highest BCUT2D eigenvalue weighted by molar-refractivity contribution is 9.10. The van der Waals surface area contributed by atoms with Crippen LogP contribution in [0, 0.1) is 0 Å². The topological polar surface area (TPSA) is 32.3 Å². The van der Waals surface area contributed by atoms with Crippen LogP contribution >= 0.6 is 39.1 Å². The average Bonchev–Trinajstić information content (AvgIpc) is 2.19. The van der Waals surface area contributed by atoms with Gasteiger partial charge in [0.1, 0.15) is 0 Å². The van der Waals surface area contributed by atoms with Gasteiger partial charge in [-0.05, 0) is 34.1 Å². The Morgan fingerprint density at radius 3 is 2.86 bits per heavy atom. The fraction of sp³-hybridized carbons (Fsp3) is 0.333. The number of rotatable bonds is 4. The fourth-order valence-electron chi connectivity index (χ4n) is 0.915. The predicted molar refractivity (Wildman–Crippen MR) is 64.4 cm³/mol. The van der Waals surface area contributed by atoms with Crippen LogP contribution in [0.15, 0.2) is 22.7 Å². The molecule has 1 atom stereocenters. The van der Waals surface area contributed by atoms with Crippen molar-refractivity contribution in [2.45, 2.75) is 6.10 Å². The maximum Gasteiger partial charge on any atom is 0.0847 e. The van der Waals surface area contributed by atoms with Crippen molar-refractivity contribution in [1.29, 1.82) is 0 Å². The highest BCUT2D eigenvalue weighted by Crippen LogP contribution is 2.25. The molecule has 0 fully saturated rings. The van der Waals surface area contributed by atoms with Gasteiger partial charge in [-0.1, -0.05) is 11.6 Å². The van der Waals surface area contributed by atoms with Gasteiger partial charge in [-0.3, -0.25) is 0 Å². The van der Waals surface area contributed by atoms with Crippen LogP contribution in [0.25, 0.3) is 0 Å². The molecule has 0 aliphatic heterocycles. The molecule has 5 heteroatoms. The molecule has 0 spiro atoms. The summed E-state index contributed by atoms with van der Waals surface area (Å²) in [5, 5.41) is 12.9. The van der Waals surface area contributed by atoms with Gasteiger partial charge >= 0.3 is 0 Å². The zero-order valence-corrected chi connectivity index (χ0v) is 10.4. The summed E-state index contributed by atoms with van der Waals surface area (Å²) in [4.78, 5) is 0. The standard InChI is InChI=1S/C9H10BrCl2NO/c10-8-2-1-6(12)3-9(8)13-5-7(14)4-11/h1-3,7,13-14H,4-5H2. The third-order valence-electron chi connectivity index (χ3n) is 1.63. The maximum atomic E-state index is 9.24. The second-order valence-corrected chi connectivity index (χ2v) is 4.41. The first-order chi connectivity index (χ1) is 6.63. The Bertz CT molecular complexity index is 309. The molecule has 0 aliphatic carbocycles. The van der Waals surface area contributed by atoms with Crippen molar-refractivity contribution < 1.29 is 5.11 Å². The Balaban J connectivity index is 2.62. The van der Waals surface area contributed by atoms with E-state index >= 15 is 0 Å². The molecule has 1 aromatic rings. The lowest BCUT2D eigenvalue weighted by atomic mass is 10.3. The Hall–Kier alpha value is 0.0400. The molecule has 0 bridgehead atoms. The quantitative estimate of drug-likeness (QED) is 0.837. The molecule has 1 unspecified atom stereocenters. The molecule has 0 saturated heterocycles. The normalized spacial score (nSPS) is 12.6. The number of hydrogen-bond donors (Lipinski definition) is 2. The molecular formula is C9H10BrCl2NO. The van der Waals surface area contributed by atoms with Gasteiger partial charge in [0.2, 0.25) is 0 Å². The summed E-state index contributed by atoms with van der Waals surface area (Å²) in [5.41, 5.74) is 0.849. The van der Waals surface area contributed by atoms with Crippen molar-refractivity contribution in [2.75, 3.05) is 17.7 Å². The van der Waals surface area contributed by atoms with Crippen LogP contribution in [-0.2, 0) is 0 Å². The summed E-state index contributed by atoms with van der Waals surface area (Å²) in [6, 6.07) is 5.42. The van der Waals surface area contributed by atoms with Gasteiger partial charge in [0.25, 0.3) is 0 Å². The van der Waals surface area contributed by atoms with Gasteiger partial charge in [-0.2, -0.15) is 0 Å². The van der Waals surface area contributed by atoms with Crippen molar-refractivity contribution in [3.8, 4) is 0 Å². The van der Waals surface area contributed by atoms with E-state index in [1.165, 1.54) is 0 Å². The number of benzene rings is 1. The summed E-state index contributed by atoms with van der Waals surface area (Å²) < 4.78 is 0.906. The van der Waals surface area contributed by atoms with Gasteiger partial charge in [0.05, 0.1) is 12.0 Å². The van der Waals surface area contributed by atoms with E-state index in [0.717, 1.165) is 10.2 Å². The van der Waals surface area contributed by atoms with E-state index in [1.807, 2.05) is 6.07 Å². The summed E-state index contributed by atoms with van der Waals surface area (Å²) in [6.45, 7) is 0.405. The second kappa shape index (κ2) is 5.81. The molecule has 0 radical (unpaired) electrons. The van der Waals surface area contributed by atoms with E-state index in [2.05, 4.69) is 21.2 Å². The maximum absolute atomic E-state index is 9.24. The third kappa shape index (κ3) is 3.65.